The lowest BCUT2D eigenvalue weighted by Crippen LogP contribution is -2.50. The van der Waals surface area contributed by atoms with Gasteiger partial charge in [0, 0.05) is 44.1 Å². The maximum Gasteiger partial charge on any atom is 0.225 e. The van der Waals surface area contributed by atoms with Crippen LogP contribution in [-0.2, 0) is 4.79 Å². The Hall–Kier alpha value is -1.56. The molecule has 1 unspecified atom stereocenters. The number of aliphatic imine (C=N–C) groups is 1. The topological polar surface area (TPSA) is 56.7 Å². The summed E-state index contributed by atoms with van der Waals surface area (Å²) in [5, 5.41) is 11.3. The van der Waals surface area contributed by atoms with Crippen molar-refractivity contribution in [2.24, 2.45) is 10.9 Å². The highest BCUT2D eigenvalue weighted by molar-refractivity contribution is 7.07. The van der Waals surface area contributed by atoms with Crippen LogP contribution in [0.2, 0.25) is 0 Å². The standard InChI is InChI=1S/C21H36N4OS/c1-5-17(6-2)20(26)25-11-8-19(9-12-25)24-21(22-7-3)23-14-16(4)18-10-13-27-15-18/h10,13,15-17,19H,5-9,11-12,14H2,1-4H3,(H2,22,23,24). The molecule has 0 saturated carbocycles. The molecule has 6 heteroatoms. The maximum atomic E-state index is 12.6. The lowest BCUT2D eigenvalue weighted by atomic mass is 9.98. The maximum absolute atomic E-state index is 12.6. The minimum atomic E-state index is 0.187. The number of thiophene rings is 1. The van der Waals surface area contributed by atoms with Gasteiger partial charge in [0.05, 0.1) is 0 Å². The molecule has 5 nitrogen and oxygen atoms in total. The summed E-state index contributed by atoms with van der Waals surface area (Å²) in [6.07, 6.45) is 3.84. The van der Waals surface area contributed by atoms with Crippen LogP contribution in [0.3, 0.4) is 0 Å². The molecule has 0 radical (unpaired) electrons. The largest absolute Gasteiger partial charge is 0.357 e. The number of carbonyl (C=O) groups excluding carboxylic acids is 1. The number of piperidine rings is 1. The molecule has 27 heavy (non-hydrogen) atoms. The third-order valence-corrected chi connectivity index (χ3v) is 6.16. The number of guanidine groups is 1. The van der Waals surface area contributed by atoms with Crippen molar-refractivity contribution in [1.29, 1.82) is 0 Å². The minimum Gasteiger partial charge on any atom is -0.357 e. The molecule has 0 spiro atoms. The molecule has 152 valence electrons. The number of nitrogens with zero attached hydrogens (tertiary/aromatic N) is 2. The van der Waals surface area contributed by atoms with Gasteiger partial charge in [-0.05, 0) is 55.0 Å². The van der Waals surface area contributed by atoms with Gasteiger partial charge in [-0.1, -0.05) is 20.8 Å². The summed E-state index contributed by atoms with van der Waals surface area (Å²) in [4.78, 5) is 19.4. The van der Waals surface area contributed by atoms with Crippen LogP contribution in [0.1, 0.15) is 64.9 Å². The van der Waals surface area contributed by atoms with Crippen molar-refractivity contribution < 1.29 is 4.79 Å². The van der Waals surface area contributed by atoms with E-state index >= 15 is 0 Å². The number of carbonyl (C=O) groups is 1. The Balaban J connectivity index is 1.85. The second-order valence-electron chi connectivity index (χ2n) is 7.43. The van der Waals surface area contributed by atoms with Crippen LogP contribution in [0, 0.1) is 5.92 Å². The van der Waals surface area contributed by atoms with E-state index in [9.17, 15) is 4.79 Å². The normalized spacial score (nSPS) is 17.2. The summed E-state index contributed by atoms with van der Waals surface area (Å²) in [6, 6.07) is 2.56. The number of amides is 1. The van der Waals surface area contributed by atoms with Crippen LogP contribution in [0.5, 0.6) is 0 Å². The molecule has 2 rings (SSSR count). The summed E-state index contributed by atoms with van der Waals surface area (Å²) in [5.41, 5.74) is 1.35. The van der Waals surface area contributed by atoms with Crippen molar-refractivity contribution >= 4 is 23.2 Å². The van der Waals surface area contributed by atoms with Crippen LogP contribution in [0.15, 0.2) is 21.8 Å². The Bertz CT molecular complexity index is 575. The lowest BCUT2D eigenvalue weighted by Gasteiger charge is -2.35. The van der Waals surface area contributed by atoms with Crippen molar-refractivity contribution in [3.05, 3.63) is 22.4 Å². The third-order valence-electron chi connectivity index (χ3n) is 5.46. The van der Waals surface area contributed by atoms with E-state index in [2.05, 4.69) is 60.1 Å². The summed E-state index contributed by atoms with van der Waals surface area (Å²) in [5.74, 6) is 1.84. The second kappa shape index (κ2) is 11.3. The Morgan fingerprint density at radius 2 is 2.00 bits per heavy atom. The molecule has 1 fully saturated rings. The van der Waals surface area contributed by atoms with E-state index in [-0.39, 0.29) is 5.92 Å². The summed E-state index contributed by atoms with van der Waals surface area (Å²) < 4.78 is 0. The number of hydrogen-bond acceptors (Lipinski definition) is 3. The zero-order valence-corrected chi connectivity index (χ0v) is 18.1. The van der Waals surface area contributed by atoms with Gasteiger partial charge in [0.2, 0.25) is 5.91 Å². The molecule has 2 heterocycles. The molecule has 1 amide bonds. The fourth-order valence-electron chi connectivity index (χ4n) is 3.54. The fourth-order valence-corrected chi connectivity index (χ4v) is 4.33. The monoisotopic (exact) mass is 392 g/mol. The van der Waals surface area contributed by atoms with E-state index < -0.39 is 0 Å². The lowest BCUT2D eigenvalue weighted by molar-refractivity contribution is -0.136. The van der Waals surface area contributed by atoms with E-state index in [1.807, 2.05) is 0 Å². The van der Waals surface area contributed by atoms with E-state index in [4.69, 9.17) is 4.99 Å². The zero-order valence-electron chi connectivity index (χ0n) is 17.3. The van der Waals surface area contributed by atoms with Crippen LogP contribution in [0.4, 0.5) is 0 Å². The second-order valence-corrected chi connectivity index (χ2v) is 8.21. The molecular weight excluding hydrogens is 356 g/mol. The molecule has 2 N–H and O–H groups in total. The Morgan fingerprint density at radius 1 is 1.30 bits per heavy atom. The van der Waals surface area contributed by atoms with Gasteiger partial charge >= 0.3 is 0 Å². The predicted octanol–water partition coefficient (Wildman–Crippen LogP) is 3.83. The van der Waals surface area contributed by atoms with Gasteiger partial charge < -0.3 is 15.5 Å². The van der Waals surface area contributed by atoms with E-state index in [0.29, 0.717) is 17.9 Å². The number of nitrogens with one attached hydrogen (secondary N) is 2. The van der Waals surface area contributed by atoms with Crippen LogP contribution in [-0.4, -0.2) is 49.0 Å². The van der Waals surface area contributed by atoms with Crippen molar-refractivity contribution in [1.82, 2.24) is 15.5 Å². The average molecular weight is 393 g/mol. The van der Waals surface area contributed by atoms with Crippen molar-refractivity contribution in [2.45, 2.75) is 65.3 Å². The van der Waals surface area contributed by atoms with Gasteiger partial charge in [-0.15, -0.1) is 0 Å². The van der Waals surface area contributed by atoms with Crippen LogP contribution in [0.25, 0.3) is 0 Å². The summed E-state index contributed by atoms with van der Waals surface area (Å²) >= 11 is 1.74. The molecule has 1 atom stereocenters. The first-order valence-electron chi connectivity index (χ1n) is 10.4. The summed E-state index contributed by atoms with van der Waals surface area (Å²) in [6.45, 7) is 11.8. The van der Waals surface area contributed by atoms with E-state index in [1.54, 1.807) is 11.3 Å². The number of likely N-dealkylation sites (tertiary alicyclic amines) is 1. The highest BCUT2D eigenvalue weighted by atomic mass is 32.1. The highest BCUT2D eigenvalue weighted by Crippen LogP contribution is 2.19. The smallest absolute Gasteiger partial charge is 0.225 e. The Kier molecular flexibility index (Phi) is 9.11. The van der Waals surface area contributed by atoms with Crippen molar-refractivity contribution in [3.8, 4) is 0 Å². The summed E-state index contributed by atoms with van der Waals surface area (Å²) in [7, 11) is 0. The number of hydrogen-bond donors (Lipinski definition) is 2. The van der Waals surface area contributed by atoms with Gasteiger partial charge in [-0.25, -0.2) is 0 Å². The molecule has 1 saturated heterocycles. The van der Waals surface area contributed by atoms with Gasteiger partial charge in [0.15, 0.2) is 5.96 Å². The first-order chi connectivity index (χ1) is 13.1. The molecule has 0 aliphatic carbocycles. The van der Waals surface area contributed by atoms with Crippen LogP contribution < -0.4 is 10.6 Å². The highest BCUT2D eigenvalue weighted by Gasteiger charge is 2.26. The molecule has 0 bridgehead atoms. The minimum absolute atomic E-state index is 0.187. The molecule has 0 aromatic carbocycles. The predicted molar refractivity (Wildman–Crippen MR) is 116 cm³/mol. The Morgan fingerprint density at radius 3 is 2.56 bits per heavy atom. The van der Waals surface area contributed by atoms with Gasteiger partial charge in [0.25, 0.3) is 0 Å². The Labute approximate surface area is 168 Å². The van der Waals surface area contributed by atoms with Crippen molar-refractivity contribution in [2.75, 3.05) is 26.2 Å². The van der Waals surface area contributed by atoms with Gasteiger partial charge in [-0.3, -0.25) is 9.79 Å². The van der Waals surface area contributed by atoms with Crippen LogP contribution >= 0.6 is 11.3 Å². The third kappa shape index (κ3) is 6.52. The van der Waals surface area contributed by atoms with Crippen molar-refractivity contribution in [3.63, 3.8) is 0 Å². The average Bonchev–Trinajstić information content (AvgIpc) is 3.22. The van der Waals surface area contributed by atoms with E-state index in [1.165, 1.54) is 5.56 Å². The molecule has 1 aliphatic rings. The zero-order chi connectivity index (χ0) is 19.6. The first-order valence-corrected chi connectivity index (χ1v) is 11.4. The molecular formula is C21H36N4OS. The van der Waals surface area contributed by atoms with Gasteiger partial charge in [0.1, 0.15) is 0 Å². The van der Waals surface area contributed by atoms with E-state index in [0.717, 1.165) is 57.8 Å². The molecule has 1 aliphatic heterocycles. The first kappa shape index (κ1) is 21.7. The quantitative estimate of drug-likeness (QED) is 0.522. The molecule has 1 aromatic heterocycles. The molecule has 1 aromatic rings. The number of rotatable bonds is 8. The fraction of sp³-hybridized carbons (Fsp3) is 0.714. The SMILES string of the molecule is CCNC(=NCC(C)c1ccsc1)NC1CCN(C(=O)C(CC)CC)CC1. The van der Waals surface area contributed by atoms with Gasteiger partial charge in [-0.2, -0.15) is 11.3 Å².